The van der Waals surface area contributed by atoms with Crippen LogP contribution in [0.15, 0.2) is 47.6 Å². The van der Waals surface area contributed by atoms with Crippen LogP contribution < -0.4 is 5.73 Å². The monoisotopic (exact) mass is 244 g/mol. The molecule has 1 aromatic carbocycles. The Kier molecular flexibility index (Phi) is 4.04. The molecule has 88 valence electrons. The fraction of sp³-hybridized carbons (Fsp3) is 0.214. The average molecular weight is 244 g/mol. The Bertz CT molecular complexity index is 483. The van der Waals surface area contributed by atoms with Crippen LogP contribution in [0.4, 0.5) is 5.69 Å². The number of nitrogens with zero attached hydrogens (tertiary/aromatic N) is 1. The standard InChI is InChI=1S/C14H16N2S/c1-11-2-3-14(13(15)10-11)17-9-6-12-4-7-16-8-5-12/h2-5,7-8,10H,6,9,15H2,1H3. The van der Waals surface area contributed by atoms with E-state index in [0.717, 1.165) is 17.9 Å². The van der Waals surface area contributed by atoms with Gasteiger partial charge in [0, 0.05) is 28.7 Å². The smallest absolute Gasteiger partial charge is 0.0454 e. The molecule has 0 aliphatic carbocycles. The SMILES string of the molecule is Cc1ccc(SCCc2ccncc2)c(N)c1. The average Bonchev–Trinajstić information content (AvgIpc) is 2.33. The van der Waals surface area contributed by atoms with E-state index in [-0.39, 0.29) is 0 Å². The topological polar surface area (TPSA) is 38.9 Å². The maximum absolute atomic E-state index is 5.97. The van der Waals surface area contributed by atoms with E-state index >= 15 is 0 Å². The van der Waals surface area contributed by atoms with Crippen LogP contribution in [-0.4, -0.2) is 10.7 Å². The molecule has 17 heavy (non-hydrogen) atoms. The zero-order valence-electron chi connectivity index (χ0n) is 9.89. The summed E-state index contributed by atoms with van der Waals surface area (Å²) in [6, 6.07) is 10.3. The molecule has 0 bridgehead atoms. The van der Waals surface area contributed by atoms with E-state index < -0.39 is 0 Å². The fourth-order valence-corrected chi connectivity index (χ4v) is 2.58. The number of nitrogen functional groups attached to an aromatic ring is 1. The molecule has 0 saturated carbocycles. The van der Waals surface area contributed by atoms with Gasteiger partial charge in [0.05, 0.1) is 0 Å². The number of aryl methyl sites for hydroxylation is 2. The normalized spacial score (nSPS) is 10.4. The molecule has 2 aromatic rings. The zero-order valence-corrected chi connectivity index (χ0v) is 10.7. The Labute approximate surface area is 106 Å². The number of aromatic nitrogens is 1. The van der Waals surface area contributed by atoms with Crippen molar-refractivity contribution < 1.29 is 0 Å². The van der Waals surface area contributed by atoms with Gasteiger partial charge in [-0.3, -0.25) is 4.98 Å². The predicted molar refractivity (Wildman–Crippen MR) is 74.3 cm³/mol. The molecule has 0 fully saturated rings. The zero-order chi connectivity index (χ0) is 12.1. The summed E-state index contributed by atoms with van der Waals surface area (Å²) in [4.78, 5) is 5.18. The van der Waals surface area contributed by atoms with E-state index in [1.54, 1.807) is 11.8 Å². The highest BCUT2D eigenvalue weighted by Crippen LogP contribution is 2.26. The molecule has 3 heteroatoms. The summed E-state index contributed by atoms with van der Waals surface area (Å²) in [7, 11) is 0. The van der Waals surface area contributed by atoms with E-state index in [1.807, 2.05) is 18.5 Å². The second-order valence-electron chi connectivity index (χ2n) is 4.00. The van der Waals surface area contributed by atoms with E-state index in [2.05, 4.69) is 36.2 Å². The van der Waals surface area contributed by atoms with Gasteiger partial charge in [0.25, 0.3) is 0 Å². The number of hydrogen-bond donors (Lipinski definition) is 1. The van der Waals surface area contributed by atoms with Crippen molar-refractivity contribution in [3.63, 3.8) is 0 Å². The van der Waals surface area contributed by atoms with Gasteiger partial charge in [-0.25, -0.2) is 0 Å². The number of hydrogen-bond acceptors (Lipinski definition) is 3. The van der Waals surface area contributed by atoms with Crippen LogP contribution in [0.1, 0.15) is 11.1 Å². The van der Waals surface area contributed by atoms with Gasteiger partial charge >= 0.3 is 0 Å². The minimum absolute atomic E-state index is 0.879. The van der Waals surface area contributed by atoms with Crippen LogP contribution in [0.25, 0.3) is 0 Å². The third-order valence-electron chi connectivity index (χ3n) is 2.56. The summed E-state index contributed by atoms with van der Waals surface area (Å²) in [6.45, 7) is 2.06. The number of pyridine rings is 1. The second kappa shape index (κ2) is 5.73. The van der Waals surface area contributed by atoms with Crippen molar-refractivity contribution >= 4 is 17.4 Å². The Morgan fingerprint density at radius 3 is 2.65 bits per heavy atom. The molecule has 2 rings (SSSR count). The summed E-state index contributed by atoms with van der Waals surface area (Å²) in [5.41, 5.74) is 9.38. The van der Waals surface area contributed by atoms with Crippen molar-refractivity contribution in [2.24, 2.45) is 0 Å². The lowest BCUT2D eigenvalue weighted by molar-refractivity contribution is 1.13. The van der Waals surface area contributed by atoms with Gasteiger partial charge in [-0.15, -0.1) is 11.8 Å². The molecule has 2 nitrogen and oxygen atoms in total. The molecule has 1 aromatic heterocycles. The van der Waals surface area contributed by atoms with Crippen molar-refractivity contribution in [2.75, 3.05) is 11.5 Å². The third kappa shape index (κ3) is 3.49. The molecule has 2 N–H and O–H groups in total. The lowest BCUT2D eigenvalue weighted by Gasteiger charge is -2.06. The summed E-state index contributed by atoms with van der Waals surface area (Å²) >= 11 is 1.81. The number of nitrogens with two attached hydrogens (primary N) is 1. The lowest BCUT2D eigenvalue weighted by Crippen LogP contribution is -1.92. The quantitative estimate of drug-likeness (QED) is 0.662. The Morgan fingerprint density at radius 2 is 1.94 bits per heavy atom. The molecular weight excluding hydrogens is 228 g/mol. The van der Waals surface area contributed by atoms with Gasteiger partial charge in [0.2, 0.25) is 0 Å². The first-order valence-electron chi connectivity index (χ1n) is 5.63. The Hall–Kier alpha value is -1.48. The van der Waals surface area contributed by atoms with Crippen LogP contribution in [0, 0.1) is 6.92 Å². The maximum Gasteiger partial charge on any atom is 0.0454 e. The number of rotatable bonds is 4. The largest absolute Gasteiger partial charge is 0.398 e. The predicted octanol–water partition coefficient (Wildman–Crippen LogP) is 3.31. The fourth-order valence-electron chi connectivity index (χ4n) is 1.63. The molecule has 0 spiro atoms. The van der Waals surface area contributed by atoms with Gasteiger partial charge in [-0.05, 0) is 48.7 Å². The van der Waals surface area contributed by atoms with E-state index in [4.69, 9.17) is 5.73 Å². The lowest BCUT2D eigenvalue weighted by atomic mass is 10.2. The van der Waals surface area contributed by atoms with Gasteiger partial charge < -0.3 is 5.73 Å². The highest BCUT2D eigenvalue weighted by atomic mass is 32.2. The van der Waals surface area contributed by atoms with Crippen LogP contribution in [0.2, 0.25) is 0 Å². The highest BCUT2D eigenvalue weighted by molar-refractivity contribution is 7.99. The molecule has 0 atom stereocenters. The molecule has 0 saturated heterocycles. The maximum atomic E-state index is 5.97. The molecule has 0 radical (unpaired) electrons. The summed E-state index contributed by atoms with van der Waals surface area (Å²) in [5.74, 6) is 1.04. The molecule has 1 heterocycles. The third-order valence-corrected chi connectivity index (χ3v) is 3.65. The molecule has 0 unspecified atom stereocenters. The second-order valence-corrected chi connectivity index (χ2v) is 5.13. The molecule has 0 amide bonds. The highest BCUT2D eigenvalue weighted by Gasteiger charge is 2.00. The van der Waals surface area contributed by atoms with Gasteiger partial charge in [-0.2, -0.15) is 0 Å². The van der Waals surface area contributed by atoms with E-state index in [1.165, 1.54) is 16.0 Å². The Morgan fingerprint density at radius 1 is 1.18 bits per heavy atom. The number of anilines is 1. The molecule has 0 aliphatic heterocycles. The minimum atomic E-state index is 0.879. The number of benzene rings is 1. The van der Waals surface area contributed by atoms with Crippen molar-refractivity contribution in [1.82, 2.24) is 4.98 Å². The van der Waals surface area contributed by atoms with Gasteiger partial charge in [0.1, 0.15) is 0 Å². The van der Waals surface area contributed by atoms with E-state index in [9.17, 15) is 0 Å². The Balaban J connectivity index is 1.90. The van der Waals surface area contributed by atoms with Crippen molar-refractivity contribution in [3.05, 3.63) is 53.9 Å². The van der Waals surface area contributed by atoms with Crippen LogP contribution in [0.5, 0.6) is 0 Å². The van der Waals surface area contributed by atoms with Crippen LogP contribution in [0.3, 0.4) is 0 Å². The minimum Gasteiger partial charge on any atom is -0.398 e. The first-order chi connectivity index (χ1) is 8.25. The van der Waals surface area contributed by atoms with E-state index in [0.29, 0.717) is 0 Å². The first kappa shape index (κ1) is 12.0. The van der Waals surface area contributed by atoms with Gasteiger partial charge in [0.15, 0.2) is 0 Å². The van der Waals surface area contributed by atoms with Gasteiger partial charge in [-0.1, -0.05) is 6.07 Å². The molecule has 0 aliphatic rings. The van der Waals surface area contributed by atoms with Crippen LogP contribution >= 0.6 is 11.8 Å². The summed E-state index contributed by atoms with van der Waals surface area (Å²) < 4.78 is 0. The van der Waals surface area contributed by atoms with Crippen molar-refractivity contribution in [1.29, 1.82) is 0 Å². The summed E-state index contributed by atoms with van der Waals surface area (Å²) in [6.07, 6.45) is 4.71. The van der Waals surface area contributed by atoms with Crippen LogP contribution in [-0.2, 0) is 6.42 Å². The van der Waals surface area contributed by atoms with Crippen molar-refractivity contribution in [2.45, 2.75) is 18.2 Å². The first-order valence-corrected chi connectivity index (χ1v) is 6.62. The number of thioether (sulfide) groups is 1. The van der Waals surface area contributed by atoms with Crippen molar-refractivity contribution in [3.8, 4) is 0 Å². The summed E-state index contributed by atoms with van der Waals surface area (Å²) in [5, 5.41) is 0. The molecular formula is C14H16N2S.